The van der Waals surface area contributed by atoms with Gasteiger partial charge in [-0.05, 0) is 60.2 Å². The molecule has 0 saturated carbocycles. The summed E-state index contributed by atoms with van der Waals surface area (Å²) >= 11 is 12.7. The van der Waals surface area contributed by atoms with Gasteiger partial charge in [0.25, 0.3) is 0 Å². The van der Waals surface area contributed by atoms with E-state index in [4.69, 9.17) is 32.7 Å². The number of amides is 1. The molecule has 0 bridgehead atoms. The summed E-state index contributed by atoms with van der Waals surface area (Å²) in [5.41, 5.74) is 1.55. The lowest BCUT2D eigenvalue weighted by Crippen LogP contribution is -2.64. The Kier molecular flexibility index (Phi) is 9.68. The zero-order valence-electron chi connectivity index (χ0n) is 22.5. The third-order valence-electron chi connectivity index (χ3n) is 7.30. The van der Waals surface area contributed by atoms with Crippen molar-refractivity contribution in [1.29, 1.82) is 0 Å². The standard InChI is InChI=1S/C29H38Cl2N2O4/c1-7-25(22-14-23(30)16-24(31)15-22)32-29(12-13-37-26(17-29)28(3,4)5)33(18-34)19(2)20-8-10-21(11-9-20)27(35)36-6/h8-11,14-16,18-19,25-26,32H,7,12-13,17H2,1-6H3. The highest BCUT2D eigenvalue weighted by Crippen LogP contribution is 2.41. The molecule has 1 aliphatic heterocycles. The van der Waals surface area contributed by atoms with E-state index in [-0.39, 0.29) is 23.6 Å². The first-order chi connectivity index (χ1) is 17.4. The van der Waals surface area contributed by atoms with E-state index in [1.165, 1.54) is 7.11 Å². The molecule has 1 heterocycles. The molecule has 3 rings (SSSR count). The molecular weight excluding hydrogens is 511 g/mol. The Hall–Kier alpha value is -2.12. The molecule has 4 atom stereocenters. The first-order valence-corrected chi connectivity index (χ1v) is 13.5. The molecule has 6 nitrogen and oxygen atoms in total. The van der Waals surface area contributed by atoms with Crippen molar-refractivity contribution in [1.82, 2.24) is 10.2 Å². The van der Waals surface area contributed by atoms with E-state index in [1.54, 1.807) is 18.2 Å². The minimum Gasteiger partial charge on any atom is -0.465 e. The second-order valence-electron chi connectivity index (χ2n) is 10.8. The first kappa shape index (κ1) is 29.4. The molecule has 1 saturated heterocycles. The highest BCUT2D eigenvalue weighted by molar-refractivity contribution is 6.34. The van der Waals surface area contributed by atoms with Gasteiger partial charge in [-0.2, -0.15) is 0 Å². The van der Waals surface area contributed by atoms with Gasteiger partial charge in [0.2, 0.25) is 6.41 Å². The third kappa shape index (κ3) is 6.85. The van der Waals surface area contributed by atoms with E-state index in [1.807, 2.05) is 36.1 Å². The molecule has 0 aliphatic carbocycles. The summed E-state index contributed by atoms with van der Waals surface area (Å²) in [6, 6.07) is 12.4. The van der Waals surface area contributed by atoms with Crippen LogP contribution in [0.25, 0.3) is 0 Å². The van der Waals surface area contributed by atoms with Crippen LogP contribution in [0.4, 0.5) is 0 Å². The maximum Gasteiger partial charge on any atom is 0.337 e. The number of esters is 1. The molecule has 0 radical (unpaired) electrons. The third-order valence-corrected chi connectivity index (χ3v) is 7.74. The van der Waals surface area contributed by atoms with Crippen LogP contribution >= 0.6 is 23.2 Å². The number of hydrogen-bond acceptors (Lipinski definition) is 5. The van der Waals surface area contributed by atoms with Crippen LogP contribution in [0.15, 0.2) is 42.5 Å². The minimum atomic E-state index is -0.687. The van der Waals surface area contributed by atoms with Gasteiger partial charge in [0.1, 0.15) is 0 Å². The minimum absolute atomic E-state index is 0.0643. The summed E-state index contributed by atoms with van der Waals surface area (Å²) in [5.74, 6) is -0.395. The average Bonchev–Trinajstić information content (AvgIpc) is 2.86. The first-order valence-electron chi connectivity index (χ1n) is 12.7. The van der Waals surface area contributed by atoms with Crippen LogP contribution in [-0.2, 0) is 14.3 Å². The zero-order valence-corrected chi connectivity index (χ0v) is 24.0. The van der Waals surface area contributed by atoms with Crippen molar-refractivity contribution in [2.45, 2.75) is 77.7 Å². The van der Waals surface area contributed by atoms with Gasteiger partial charge in [0, 0.05) is 28.9 Å². The van der Waals surface area contributed by atoms with E-state index in [2.05, 4.69) is 33.0 Å². The van der Waals surface area contributed by atoms with Crippen molar-refractivity contribution in [3.05, 3.63) is 69.2 Å². The Balaban J connectivity index is 2.04. The van der Waals surface area contributed by atoms with Crippen molar-refractivity contribution in [3.63, 3.8) is 0 Å². The summed E-state index contributed by atoms with van der Waals surface area (Å²) in [4.78, 5) is 26.6. The van der Waals surface area contributed by atoms with Crippen molar-refractivity contribution in [3.8, 4) is 0 Å². The fourth-order valence-corrected chi connectivity index (χ4v) is 5.64. The number of carbonyl (C=O) groups is 2. The van der Waals surface area contributed by atoms with Crippen LogP contribution in [0, 0.1) is 5.41 Å². The monoisotopic (exact) mass is 548 g/mol. The van der Waals surface area contributed by atoms with Crippen molar-refractivity contribution in [2.75, 3.05) is 13.7 Å². The second-order valence-corrected chi connectivity index (χ2v) is 11.7. The van der Waals surface area contributed by atoms with Gasteiger partial charge in [-0.1, -0.05) is 63.0 Å². The summed E-state index contributed by atoms with van der Waals surface area (Å²) in [6.45, 7) is 11.1. The lowest BCUT2D eigenvalue weighted by atomic mass is 9.79. The number of ether oxygens (including phenoxy) is 2. The largest absolute Gasteiger partial charge is 0.465 e. The number of carbonyl (C=O) groups excluding carboxylic acids is 2. The van der Waals surface area contributed by atoms with Gasteiger partial charge in [0.05, 0.1) is 37.1 Å². The van der Waals surface area contributed by atoms with Crippen LogP contribution in [-0.4, -0.2) is 42.8 Å². The topological polar surface area (TPSA) is 67.9 Å². The average molecular weight is 550 g/mol. The van der Waals surface area contributed by atoms with Gasteiger partial charge >= 0.3 is 5.97 Å². The smallest absolute Gasteiger partial charge is 0.337 e. The normalized spacial score (nSPS) is 21.7. The molecule has 1 amide bonds. The van der Waals surface area contributed by atoms with Crippen LogP contribution in [0.5, 0.6) is 0 Å². The maximum atomic E-state index is 12.8. The van der Waals surface area contributed by atoms with Crippen LogP contribution in [0.3, 0.4) is 0 Å². The summed E-state index contributed by atoms with van der Waals surface area (Å²) in [5, 5.41) is 5.00. The molecule has 202 valence electrons. The number of benzene rings is 2. The fraction of sp³-hybridized carbons (Fsp3) is 0.517. The summed E-state index contributed by atoms with van der Waals surface area (Å²) in [7, 11) is 1.36. The van der Waals surface area contributed by atoms with E-state index >= 15 is 0 Å². The molecule has 0 aromatic heterocycles. The number of halogens is 2. The number of nitrogens with zero attached hydrogens (tertiary/aromatic N) is 1. The Labute approximate surface area is 230 Å². The molecule has 1 aliphatic rings. The van der Waals surface area contributed by atoms with E-state index < -0.39 is 11.6 Å². The highest BCUT2D eigenvalue weighted by atomic mass is 35.5. The number of hydrogen-bond donors (Lipinski definition) is 1. The predicted octanol–water partition coefficient (Wildman–Crippen LogP) is 6.96. The second kappa shape index (κ2) is 12.2. The highest BCUT2D eigenvalue weighted by Gasteiger charge is 2.47. The molecule has 1 fully saturated rings. The Morgan fingerprint density at radius 3 is 2.32 bits per heavy atom. The molecule has 2 aromatic rings. The molecular formula is C29H38Cl2N2O4. The van der Waals surface area contributed by atoms with E-state index in [0.717, 1.165) is 24.0 Å². The van der Waals surface area contributed by atoms with Crippen LogP contribution in [0.2, 0.25) is 10.0 Å². The summed E-state index contributed by atoms with van der Waals surface area (Å²) < 4.78 is 11.0. The van der Waals surface area contributed by atoms with E-state index in [0.29, 0.717) is 35.1 Å². The van der Waals surface area contributed by atoms with Crippen LogP contribution in [0.1, 0.15) is 87.4 Å². The maximum absolute atomic E-state index is 12.8. The number of methoxy groups -OCH3 is 1. The Morgan fingerprint density at radius 1 is 1.19 bits per heavy atom. The molecule has 4 unspecified atom stereocenters. The SMILES string of the molecule is CCC(NC1(N(C=O)C(C)c2ccc(C(=O)OC)cc2)CCOC(C(C)(C)C)C1)c1cc(Cl)cc(Cl)c1. The van der Waals surface area contributed by atoms with Gasteiger partial charge in [-0.25, -0.2) is 4.79 Å². The fourth-order valence-electron chi connectivity index (χ4n) is 5.09. The predicted molar refractivity (Wildman–Crippen MR) is 148 cm³/mol. The van der Waals surface area contributed by atoms with Gasteiger partial charge in [0.15, 0.2) is 0 Å². The lowest BCUT2D eigenvalue weighted by molar-refractivity contribution is -0.152. The van der Waals surface area contributed by atoms with Crippen molar-refractivity contribution < 1.29 is 19.1 Å². The molecule has 1 N–H and O–H groups in total. The lowest BCUT2D eigenvalue weighted by Gasteiger charge is -2.53. The molecule has 37 heavy (non-hydrogen) atoms. The van der Waals surface area contributed by atoms with Gasteiger partial charge in [-0.3, -0.25) is 10.1 Å². The zero-order chi connectivity index (χ0) is 27.4. The Bertz CT molecular complexity index is 1070. The van der Waals surface area contributed by atoms with Crippen LogP contribution < -0.4 is 5.32 Å². The quantitative estimate of drug-likeness (QED) is 0.208. The number of rotatable bonds is 9. The number of nitrogens with one attached hydrogen (secondary N) is 1. The Morgan fingerprint density at radius 2 is 1.81 bits per heavy atom. The molecule has 8 heteroatoms. The van der Waals surface area contributed by atoms with Gasteiger partial charge < -0.3 is 14.4 Å². The molecule has 0 spiro atoms. The van der Waals surface area contributed by atoms with Gasteiger partial charge in [-0.15, -0.1) is 0 Å². The molecule has 2 aromatic carbocycles. The van der Waals surface area contributed by atoms with Crippen molar-refractivity contribution >= 4 is 35.6 Å². The van der Waals surface area contributed by atoms with Crippen molar-refractivity contribution in [2.24, 2.45) is 5.41 Å². The summed E-state index contributed by atoms with van der Waals surface area (Å²) in [6.07, 6.45) is 2.87. The van der Waals surface area contributed by atoms with E-state index in [9.17, 15) is 9.59 Å².